The second-order valence-electron chi connectivity index (χ2n) is 5.57. The van der Waals surface area contributed by atoms with Gasteiger partial charge < -0.3 is 14.2 Å². The van der Waals surface area contributed by atoms with Crippen LogP contribution in [0.3, 0.4) is 0 Å². The largest absolute Gasteiger partial charge is 0.496 e. The second kappa shape index (κ2) is 5.27. The normalized spacial score (nSPS) is 12.0. The Labute approximate surface area is 139 Å². The molecule has 0 bridgehead atoms. The Morgan fingerprint density at radius 3 is 2.08 bits per heavy atom. The summed E-state index contributed by atoms with van der Waals surface area (Å²) in [6.45, 7) is 0. The average Bonchev–Trinajstić information content (AvgIpc) is 2.92. The Morgan fingerprint density at radius 2 is 1.42 bits per heavy atom. The predicted octanol–water partition coefficient (Wildman–Crippen LogP) is 4.08. The highest BCUT2D eigenvalue weighted by molar-refractivity contribution is 6.27. The lowest BCUT2D eigenvalue weighted by Crippen LogP contribution is -2.02. The first-order valence-electron chi connectivity index (χ1n) is 7.61. The average molecular weight is 320 g/mol. The summed E-state index contributed by atoms with van der Waals surface area (Å²) in [7, 11) is 4.79. The summed E-state index contributed by atoms with van der Waals surface area (Å²) in [6, 6.07) is 13.3. The van der Waals surface area contributed by atoms with Gasteiger partial charge in [0.15, 0.2) is 5.78 Å². The van der Waals surface area contributed by atoms with Crippen LogP contribution >= 0.6 is 0 Å². The fraction of sp³-hybridized carbons (Fsp3) is 0.150. The van der Waals surface area contributed by atoms with Gasteiger partial charge in [0.1, 0.15) is 17.2 Å². The SMILES string of the molecule is COc1c2c(c(OC)c3c(OC)cccc13)C(=O)c1ccccc1-2. The number of fused-ring (bicyclic) bond motifs is 4. The number of carbonyl (C=O) groups is 1. The number of methoxy groups -OCH3 is 3. The van der Waals surface area contributed by atoms with Crippen LogP contribution in [0.5, 0.6) is 17.2 Å². The summed E-state index contributed by atoms with van der Waals surface area (Å²) in [5, 5.41) is 1.61. The van der Waals surface area contributed by atoms with Gasteiger partial charge in [0.2, 0.25) is 0 Å². The Morgan fingerprint density at radius 1 is 0.708 bits per heavy atom. The Kier molecular flexibility index (Phi) is 3.20. The molecular weight excluding hydrogens is 304 g/mol. The number of rotatable bonds is 3. The minimum absolute atomic E-state index is 0.0523. The molecule has 0 radical (unpaired) electrons. The summed E-state index contributed by atoms with van der Waals surface area (Å²) in [6.07, 6.45) is 0. The van der Waals surface area contributed by atoms with Gasteiger partial charge in [-0.25, -0.2) is 0 Å². The van der Waals surface area contributed by atoms with Crippen LogP contribution in [0, 0.1) is 0 Å². The molecule has 0 unspecified atom stereocenters. The lowest BCUT2D eigenvalue weighted by Gasteiger charge is -2.17. The van der Waals surface area contributed by atoms with Crippen LogP contribution in [0.1, 0.15) is 15.9 Å². The molecule has 0 N–H and O–H groups in total. The maximum absolute atomic E-state index is 13.0. The Bertz CT molecular complexity index is 989. The van der Waals surface area contributed by atoms with E-state index in [4.69, 9.17) is 14.2 Å². The first kappa shape index (κ1) is 14.6. The van der Waals surface area contributed by atoms with Crippen LogP contribution in [0.4, 0.5) is 0 Å². The lowest BCUT2D eigenvalue weighted by atomic mass is 9.96. The molecule has 1 aliphatic rings. The van der Waals surface area contributed by atoms with E-state index in [9.17, 15) is 4.79 Å². The third-order valence-electron chi connectivity index (χ3n) is 4.50. The van der Waals surface area contributed by atoms with Crippen molar-refractivity contribution in [1.82, 2.24) is 0 Å². The van der Waals surface area contributed by atoms with Crippen LogP contribution in [0.15, 0.2) is 42.5 Å². The molecule has 0 heterocycles. The third kappa shape index (κ3) is 1.71. The van der Waals surface area contributed by atoms with Crippen molar-refractivity contribution in [3.8, 4) is 28.4 Å². The van der Waals surface area contributed by atoms with E-state index >= 15 is 0 Å². The molecule has 1 aliphatic carbocycles. The fourth-order valence-corrected chi connectivity index (χ4v) is 3.53. The molecule has 3 aromatic rings. The molecule has 0 spiro atoms. The van der Waals surface area contributed by atoms with Gasteiger partial charge in [-0.3, -0.25) is 4.79 Å². The molecule has 0 fully saturated rings. The molecular formula is C20H16O4. The zero-order chi connectivity index (χ0) is 16.8. The molecule has 4 rings (SSSR count). The standard InChI is InChI=1S/C20H16O4/c1-22-14-10-6-9-13-15(14)20(24-3)17-16(19(13)23-2)11-7-4-5-8-12(11)18(17)21/h4-10H,1-3H3. The molecule has 4 heteroatoms. The van der Waals surface area contributed by atoms with Gasteiger partial charge >= 0.3 is 0 Å². The van der Waals surface area contributed by atoms with Crippen LogP contribution in [0.25, 0.3) is 21.9 Å². The van der Waals surface area contributed by atoms with Crippen LogP contribution < -0.4 is 14.2 Å². The smallest absolute Gasteiger partial charge is 0.198 e. The van der Waals surface area contributed by atoms with Crippen molar-refractivity contribution in [2.45, 2.75) is 0 Å². The van der Waals surface area contributed by atoms with Crippen LogP contribution in [-0.4, -0.2) is 27.1 Å². The van der Waals surface area contributed by atoms with Crippen molar-refractivity contribution in [3.05, 3.63) is 53.6 Å². The number of carbonyl (C=O) groups excluding carboxylic acids is 1. The quantitative estimate of drug-likeness (QED) is 0.570. The van der Waals surface area contributed by atoms with Crippen LogP contribution in [-0.2, 0) is 0 Å². The van der Waals surface area contributed by atoms with E-state index in [0.29, 0.717) is 28.4 Å². The number of ether oxygens (including phenoxy) is 3. The summed E-state index contributed by atoms with van der Waals surface area (Å²) in [4.78, 5) is 13.0. The highest BCUT2D eigenvalue weighted by Gasteiger charge is 2.35. The highest BCUT2D eigenvalue weighted by Crippen LogP contribution is 2.53. The lowest BCUT2D eigenvalue weighted by molar-refractivity contribution is 0.104. The van der Waals surface area contributed by atoms with E-state index in [0.717, 1.165) is 21.9 Å². The maximum Gasteiger partial charge on any atom is 0.198 e. The van der Waals surface area contributed by atoms with Crippen molar-refractivity contribution in [3.63, 3.8) is 0 Å². The highest BCUT2D eigenvalue weighted by atomic mass is 16.5. The summed E-state index contributed by atoms with van der Waals surface area (Å²) < 4.78 is 16.9. The number of benzene rings is 3. The van der Waals surface area contributed by atoms with Gasteiger partial charge in [-0.2, -0.15) is 0 Å². The molecule has 0 atom stereocenters. The molecule has 0 amide bonds. The van der Waals surface area contributed by atoms with Gasteiger partial charge in [-0.1, -0.05) is 36.4 Å². The molecule has 0 aliphatic heterocycles. The Hall–Kier alpha value is -3.01. The zero-order valence-corrected chi connectivity index (χ0v) is 13.7. The number of hydrogen-bond donors (Lipinski definition) is 0. The van der Waals surface area contributed by atoms with Gasteiger partial charge in [-0.05, 0) is 11.6 Å². The van der Waals surface area contributed by atoms with E-state index in [1.807, 2.05) is 42.5 Å². The monoisotopic (exact) mass is 320 g/mol. The first-order chi connectivity index (χ1) is 11.7. The summed E-state index contributed by atoms with van der Waals surface area (Å²) >= 11 is 0. The molecule has 0 saturated carbocycles. The molecule has 3 aromatic carbocycles. The van der Waals surface area contributed by atoms with E-state index in [1.54, 1.807) is 21.3 Å². The zero-order valence-electron chi connectivity index (χ0n) is 13.7. The number of hydrogen-bond acceptors (Lipinski definition) is 4. The third-order valence-corrected chi connectivity index (χ3v) is 4.50. The molecule has 24 heavy (non-hydrogen) atoms. The second-order valence-corrected chi connectivity index (χ2v) is 5.57. The van der Waals surface area contributed by atoms with Gasteiger partial charge in [-0.15, -0.1) is 0 Å². The molecule has 0 saturated heterocycles. The van der Waals surface area contributed by atoms with Gasteiger partial charge in [0.25, 0.3) is 0 Å². The predicted molar refractivity (Wildman–Crippen MR) is 92.5 cm³/mol. The van der Waals surface area contributed by atoms with Crippen molar-refractivity contribution in [1.29, 1.82) is 0 Å². The van der Waals surface area contributed by atoms with E-state index in [2.05, 4.69) is 0 Å². The first-order valence-corrected chi connectivity index (χ1v) is 7.61. The van der Waals surface area contributed by atoms with Gasteiger partial charge in [0.05, 0.1) is 32.3 Å². The van der Waals surface area contributed by atoms with Gasteiger partial charge in [0, 0.05) is 16.5 Å². The maximum atomic E-state index is 13.0. The minimum Gasteiger partial charge on any atom is -0.496 e. The summed E-state index contributed by atoms with van der Waals surface area (Å²) in [5.74, 6) is 1.79. The molecule has 0 aromatic heterocycles. The van der Waals surface area contributed by atoms with Crippen molar-refractivity contribution in [2.24, 2.45) is 0 Å². The Balaban J connectivity index is 2.26. The van der Waals surface area contributed by atoms with Crippen molar-refractivity contribution >= 4 is 16.6 Å². The van der Waals surface area contributed by atoms with E-state index < -0.39 is 0 Å². The van der Waals surface area contributed by atoms with Crippen molar-refractivity contribution < 1.29 is 19.0 Å². The molecule has 120 valence electrons. The van der Waals surface area contributed by atoms with E-state index in [1.165, 1.54) is 0 Å². The fourth-order valence-electron chi connectivity index (χ4n) is 3.53. The topological polar surface area (TPSA) is 44.8 Å². The van der Waals surface area contributed by atoms with E-state index in [-0.39, 0.29) is 5.78 Å². The van der Waals surface area contributed by atoms with Crippen LogP contribution in [0.2, 0.25) is 0 Å². The number of ketones is 1. The minimum atomic E-state index is -0.0523. The van der Waals surface area contributed by atoms with Crippen molar-refractivity contribution in [2.75, 3.05) is 21.3 Å². The molecule has 4 nitrogen and oxygen atoms in total. The summed E-state index contributed by atoms with van der Waals surface area (Å²) in [5.41, 5.74) is 2.86.